The molecule has 0 amide bonds. The maximum absolute atomic E-state index is 11.2. The van der Waals surface area contributed by atoms with Crippen LogP contribution in [0.1, 0.15) is 59.3 Å². The highest BCUT2D eigenvalue weighted by Crippen LogP contribution is 2.29. The zero-order chi connectivity index (χ0) is 35.0. The van der Waals surface area contributed by atoms with Crippen molar-refractivity contribution >= 4 is 41.1 Å². The first-order valence-corrected chi connectivity index (χ1v) is 20.3. The lowest BCUT2D eigenvalue weighted by Gasteiger charge is -2.26. The van der Waals surface area contributed by atoms with Crippen molar-refractivity contribution in [1.82, 2.24) is 0 Å². The Balaban J connectivity index is 0.000000249. The van der Waals surface area contributed by atoms with Crippen LogP contribution in [0.15, 0.2) is 45.0 Å². The van der Waals surface area contributed by atoms with Crippen LogP contribution >= 0.6 is 0 Å². The number of quaternary nitrogens is 3. The molecular weight excluding hydrogens is 655 g/mol. The van der Waals surface area contributed by atoms with E-state index in [0.29, 0.717) is 18.2 Å². The normalized spacial score (nSPS) is 20.1. The number of hydrogen-bond donors (Lipinski definition) is 0. The molecule has 3 saturated heterocycles. The summed E-state index contributed by atoms with van der Waals surface area (Å²) >= 11 is 0. The first kappa shape index (κ1) is 40.5. The first-order valence-electron chi connectivity index (χ1n) is 16.1. The third-order valence-corrected chi connectivity index (χ3v) is 12.5. The van der Waals surface area contributed by atoms with E-state index in [4.69, 9.17) is 0 Å². The third kappa shape index (κ3) is 12.1. The van der Waals surface area contributed by atoms with E-state index in [1.165, 1.54) is 111 Å². The Morgan fingerprint density at radius 1 is 0.522 bits per heavy atom. The molecule has 0 atom stereocenters. The van der Waals surface area contributed by atoms with Crippen molar-refractivity contribution in [3.63, 3.8) is 0 Å². The van der Waals surface area contributed by atoms with E-state index in [1.807, 2.05) is 0 Å². The van der Waals surface area contributed by atoms with Crippen LogP contribution in [0.2, 0.25) is 0 Å². The van der Waals surface area contributed by atoms with Crippen molar-refractivity contribution in [1.29, 1.82) is 0 Å². The van der Waals surface area contributed by atoms with Gasteiger partial charge in [0, 0.05) is 38.5 Å². The van der Waals surface area contributed by atoms with E-state index in [0.717, 1.165) is 12.1 Å². The van der Waals surface area contributed by atoms with E-state index in [-0.39, 0.29) is 10.8 Å². The number of fused-ring (bicyclic) bond motifs is 1. The zero-order valence-corrected chi connectivity index (χ0v) is 30.7. The molecule has 3 aliphatic rings. The molecule has 264 valence electrons. The Hall–Kier alpha value is -1.69. The molecule has 0 aromatic heterocycles. The molecular formula is C31H53N3O9S3. The lowest BCUT2D eigenvalue weighted by molar-refractivity contribution is -0.895. The van der Waals surface area contributed by atoms with Gasteiger partial charge >= 0.3 is 0 Å². The van der Waals surface area contributed by atoms with Gasteiger partial charge in [0.2, 0.25) is 0 Å². The van der Waals surface area contributed by atoms with Gasteiger partial charge in [-0.2, -0.15) is 0 Å². The standard InChI is InChI=1S/C10H8O9S3.3C7H16N/c11-20(12,13)7-1-2-9-6(3-7)4-8(21(14,15)16)5-10(9)22(17,18)19;3*1-3-8(2)6-4-5-7-8/h1-5H,(H,11,12,13)(H,14,15,16)(H,17,18,19);3*3-7H2,1-2H3/q;3*+1/p-3. The van der Waals surface area contributed by atoms with E-state index in [2.05, 4.69) is 41.9 Å². The number of likely N-dealkylation sites (tertiary alicyclic amines) is 3. The smallest absolute Gasteiger partial charge is 0.125 e. The second-order valence-corrected chi connectivity index (χ2v) is 17.5. The number of rotatable bonds is 6. The SMILES string of the molecule is CC[N+]1(C)CCCC1.CC[N+]1(C)CCCC1.CC[N+]1(C)CCCC1.O=S(=O)([O-])c1ccc2c(S(=O)(=O)[O-])cc(S(=O)(=O)[O-])cc2c1. The molecule has 5 rings (SSSR count). The van der Waals surface area contributed by atoms with Crippen LogP contribution in [0.25, 0.3) is 10.8 Å². The largest absolute Gasteiger partial charge is 0.744 e. The van der Waals surface area contributed by atoms with Crippen molar-refractivity contribution in [3.05, 3.63) is 30.3 Å². The van der Waals surface area contributed by atoms with Gasteiger partial charge in [-0.25, -0.2) is 25.3 Å². The van der Waals surface area contributed by atoms with Gasteiger partial charge < -0.3 is 27.1 Å². The molecule has 0 spiro atoms. The third-order valence-electron chi connectivity index (χ3n) is 9.93. The minimum absolute atomic E-state index is 0.310. The number of hydrogen-bond acceptors (Lipinski definition) is 9. The van der Waals surface area contributed by atoms with Crippen LogP contribution in [-0.4, -0.2) is 132 Å². The van der Waals surface area contributed by atoms with Gasteiger partial charge in [0.05, 0.1) is 94.7 Å². The lowest BCUT2D eigenvalue weighted by Crippen LogP contribution is -2.40. The van der Waals surface area contributed by atoms with Crippen LogP contribution in [0.4, 0.5) is 0 Å². The molecule has 0 N–H and O–H groups in total. The van der Waals surface area contributed by atoms with Crippen LogP contribution in [-0.2, 0) is 30.4 Å². The zero-order valence-electron chi connectivity index (χ0n) is 28.2. The van der Waals surface area contributed by atoms with Crippen LogP contribution in [0, 0.1) is 0 Å². The van der Waals surface area contributed by atoms with Crippen LogP contribution < -0.4 is 0 Å². The van der Waals surface area contributed by atoms with Gasteiger partial charge in [0.15, 0.2) is 0 Å². The predicted octanol–water partition coefficient (Wildman–Crippen LogP) is 3.29. The Kier molecular flexibility index (Phi) is 14.2. The summed E-state index contributed by atoms with van der Waals surface area (Å²) in [7, 11) is -8.08. The highest BCUT2D eigenvalue weighted by molar-refractivity contribution is 7.86. The summed E-state index contributed by atoms with van der Waals surface area (Å²) in [6, 6.07) is 3.39. The van der Waals surface area contributed by atoms with Crippen LogP contribution in [0.3, 0.4) is 0 Å². The molecule has 3 heterocycles. The second-order valence-electron chi connectivity index (χ2n) is 13.4. The van der Waals surface area contributed by atoms with Gasteiger partial charge in [-0.15, -0.1) is 0 Å². The van der Waals surface area contributed by atoms with E-state index < -0.39 is 45.0 Å². The number of benzene rings is 2. The molecule has 12 nitrogen and oxygen atoms in total. The molecule has 2 aromatic rings. The molecule has 2 aromatic carbocycles. The van der Waals surface area contributed by atoms with E-state index in [1.54, 1.807) is 0 Å². The lowest BCUT2D eigenvalue weighted by atomic mass is 10.1. The van der Waals surface area contributed by atoms with Gasteiger partial charge in [0.1, 0.15) is 30.4 Å². The molecule has 0 bridgehead atoms. The Morgan fingerprint density at radius 2 is 0.848 bits per heavy atom. The predicted molar refractivity (Wildman–Crippen MR) is 175 cm³/mol. The van der Waals surface area contributed by atoms with Gasteiger partial charge in [-0.3, -0.25) is 0 Å². The first-order chi connectivity index (χ1) is 21.1. The summed E-state index contributed by atoms with van der Waals surface area (Å²) in [5.74, 6) is 0. The fourth-order valence-electron chi connectivity index (χ4n) is 6.04. The minimum atomic E-state index is -5.14. The van der Waals surface area contributed by atoms with Crippen molar-refractivity contribution in [2.45, 2.75) is 74.0 Å². The van der Waals surface area contributed by atoms with Crippen molar-refractivity contribution < 1.29 is 52.4 Å². The summed E-state index contributed by atoms with van der Waals surface area (Å²) in [4.78, 5) is -2.81. The highest BCUT2D eigenvalue weighted by Gasteiger charge is 2.25. The Labute approximate surface area is 277 Å². The second kappa shape index (κ2) is 16.1. The fraction of sp³-hybridized carbons (Fsp3) is 0.677. The van der Waals surface area contributed by atoms with Crippen LogP contribution in [0.5, 0.6) is 0 Å². The molecule has 0 radical (unpaired) electrons. The quantitative estimate of drug-likeness (QED) is 0.323. The molecule has 15 heteroatoms. The summed E-state index contributed by atoms with van der Waals surface area (Å²) in [5.41, 5.74) is 0. The topological polar surface area (TPSA) is 172 Å². The molecule has 3 aliphatic heterocycles. The summed E-state index contributed by atoms with van der Waals surface area (Å²) in [5, 5.41) is -0.668. The molecule has 0 unspecified atom stereocenters. The highest BCUT2D eigenvalue weighted by atomic mass is 32.2. The average Bonchev–Trinajstić information content (AvgIpc) is 3.74. The van der Waals surface area contributed by atoms with Crippen molar-refractivity contribution in [3.8, 4) is 0 Å². The fourth-order valence-corrected chi connectivity index (χ4v) is 7.88. The Morgan fingerprint density at radius 3 is 1.11 bits per heavy atom. The summed E-state index contributed by atoms with van der Waals surface area (Å²) < 4.78 is 103. The molecule has 3 fully saturated rings. The van der Waals surface area contributed by atoms with Gasteiger partial charge in [-0.1, -0.05) is 6.07 Å². The Bertz CT molecular complexity index is 1570. The minimum Gasteiger partial charge on any atom is -0.744 e. The molecule has 0 aliphatic carbocycles. The van der Waals surface area contributed by atoms with Gasteiger partial charge in [-0.05, 0) is 55.8 Å². The van der Waals surface area contributed by atoms with Gasteiger partial charge in [0.25, 0.3) is 0 Å². The average molecular weight is 708 g/mol. The summed E-state index contributed by atoms with van der Waals surface area (Å²) in [6.07, 6.45) is 8.69. The van der Waals surface area contributed by atoms with Crippen molar-refractivity contribution in [2.24, 2.45) is 0 Å². The maximum Gasteiger partial charge on any atom is 0.125 e. The monoisotopic (exact) mass is 707 g/mol. The van der Waals surface area contributed by atoms with Crippen molar-refractivity contribution in [2.75, 3.05) is 80.0 Å². The molecule has 0 saturated carbocycles. The van der Waals surface area contributed by atoms with E-state index >= 15 is 0 Å². The maximum atomic E-state index is 11.2. The summed E-state index contributed by atoms with van der Waals surface area (Å²) in [6.45, 7) is 19.3. The number of nitrogens with zero attached hydrogens (tertiary/aromatic N) is 3. The van der Waals surface area contributed by atoms with E-state index in [9.17, 15) is 38.9 Å². The molecule has 46 heavy (non-hydrogen) atoms.